The van der Waals surface area contributed by atoms with Crippen LogP contribution in [0.1, 0.15) is 16.9 Å². The molecule has 4 N–H and O–H groups in total. The summed E-state index contributed by atoms with van der Waals surface area (Å²) in [5, 5.41) is 38.2. The fraction of sp³-hybridized carbons (Fsp3) is 0.0769. The van der Waals surface area contributed by atoms with Crippen molar-refractivity contribution in [2.24, 2.45) is 0 Å². The zero-order valence-electron chi connectivity index (χ0n) is 10.1. The molecule has 0 aromatic heterocycles. The van der Waals surface area contributed by atoms with Gasteiger partial charge < -0.3 is 20.1 Å². The fourth-order valence-corrected chi connectivity index (χ4v) is 2.87. The second kappa shape index (κ2) is 4.51. The molecule has 1 unspecified atom stereocenters. The topological polar surface area (TPSA) is 80.9 Å². The monoisotopic (exact) mass is 254 g/mol. The Bertz CT molecular complexity index is 628. The molecule has 19 heavy (non-hydrogen) atoms. The normalized spacial score (nSPS) is 15.9. The largest absolute Gasteiger partial charge is 0.488 e. The lowest BCUT2D eigenvalue weighted by molar-refractivity contribution is 0.396. The molecule has 0 fully saturated rings. The fourth-order valence-electron chi connectivity index (χ4n) is 2.87. The quantitative estimate of drug-likeness (QED) is 0.544. The standard InChI is InChI=1S/C13H12B2O4/c16-14(17)11-7-3-6-9-8-4-1-2-5-10(8)13(12(9)11)15(18)19/h1-7,13,16-19H. The molecule has 2 aromatic carbocycles. The van der Waals surface area contributed by atoms with Crippen molar-refractivity contribution < 1.29 is 20.1 Å². The molecule has 0 bridgehead atoms. The molecule has 0 saturated carbocycles. The van der Waals surface area contributed by atoms with E-state index < -0.39 is 20.1 Å². The first-order valence-corrected chi connectivity index (χ1v) is 6.05. The third-order valence-electron chi connectivity index (χ3n) is 3.61. The summed E-state index contributed by atoms with van der Waals surface area (Å²) >= 11 is 0. The van der Waals surface area contributed by atoms with Crippen molar-refractivity contribution in [3.05, 3.63) is 53.6 Å². The average Bonchev–Trinajstić information content (AvgIpc) is 2.72. The SMILES string of the molecule is OB(O)c1cccc2c1C(B(O)O)c1ccccc1-2. The maximum Gasteiger partial charge on any atom is 0.488 e. The second-order valence-electron chi connectivity index (χ2n) is 4.66. The van der Waals surface area contributed by atoms with Crippen molar-refractivity contribution in [1.82, 2.24) is 0 Å². The maximum absolute atomic E-state index is 9.64. The van der Waals surface area contributed by atoms with Gasteiger partial charge in [0.2, 0.25) is 0 Å². The molecule has 6 heteroatoms. The molecule has 2 aromatic rings. The van der Waals surface area contributed by atoms with Crippen LogP contribution in [0.4, 0.5) is 0 Å². The highest BCUT2D eigenvalue weighted by molar-refractivity contribution is 6.60. The van der Waals surface area contributed by atoms with Gasteiger partial charge in [-0.3, -0.25) is 0 Å². The van der Waals surface area contributed by atoms with Gasteiger partial charge in [-0.2, -0.15) is 0 Å². The lowest BCUT2D eigenvalue weighted by Gasteiger charge is -2.15. The zero-order chi connectivity index (χ0) is 13.6. The van der Waals surface area contributed by atoms with E-state index in [2.05, 4.69) is 0 Å². The Morgan fingerprint density at radius 1 is 0.789 bits per heavy atom. The minimum Gasteiger partial charge on any atom is -0.426 e. The van der Waals surface area contributed by atoms with Gasteiger partial charge in [0.05, 0.1) is 0 Å². The molecular weight excluding hydrogens is 242 g/mol. The van der Waals surface area contributed by atoms with Crippen molar-refractivity contribution in [2.45, 2.75) is 5.82 Å². The van der Waals surface area contributed by atoms with E-state index in [9.17, 15) is 20.1 Å². The zero-order valence-corrected chi connectivity index (χ0v) is 10.1. The summed E-state index contributed by atoms with van der Waals surface area (Å²) in [4.78, 5) is 0. The summed E-state index contributed by atoms with van der Waals surface area (Å²) in [6.45, 7) is 0. The predicted molar refractivity (Wildman–Crippen MR) is 73.7 cm³/mol. The Morgan fingerprint density at radius 2 is 1.47 bits per heavy atom. The first-order chi connectivity index (χ1) is 9.11. The van der Waals surface area contributed by atoms with Crippen molar-refractivity contribution in [1.29, 1.82) is 0 Å². The van der Waals surface area contributed by atoms with E-state index in [0.29, 0.717) is 11.0 Å². The molecule has 0 spiro atoms. The Morgan fingerprint density at radius 3 is 2.16 bits per heavy atom. The van der Waals surface area contributed by atoms with Gasteiger partial charge in [-0.1, -0.05) is 42.5 Å². The Balaban J connectivity index is 2.31. The van der Waals surface area contributed by atoms with Gasteiger partial charge >= 0.3 is 14.2 Å². The number of hydrogen-bond acceptors (Lipinski definition) is 4. The third kappa shape index (κ3) is 1.81. The molecule has 1 aliphatic carbocycles. The molecular formula is C13H12B2O4. The van der Waals surface area contributed by atoms with E-state index in [1.54, 1.807) is 12.1 Å². The maximum atomic E-state index is 9.64. The highest BCUT2D eigenvalue weighted by atomic mass is 16.4. The van der Waals surface area contributed by atoms with Crippen molar-refractivity contribution in [3.8, 4) is 11.1 Å². The summed E-state index contributed by atoms with van der Waals surface area (Å²) in [7, 11) is -3.21. The molecule has 0 amide bonds. The first-order valence-electron chi connectivity index (χ1n) is 6.05. The lowest BCUT2D eigenvalue weighted by Crippen LogP contribution is -2.36. The van der Waals surface area contributed by atoms with Crippen molar-refractivity contribution in [2.75, 3.05) is 0 Å². The van der Waals surface area contributed by atoms with Gasteiger partial charge in [0.1, 0.15) is 0 Å². The molecule has 1 aliphatic rings. The Hall–Kier alpha value is -1.59. The number of fused-ring (bicyclic) bond motifs is 3. The smallest absolute Gasteiger partial charge is 0.426 e. The molecule has 0 aliphatic heterocycles. The van der Waals surface area contributed by atoms with Gasteiger partial charge in [0, 0.05) is 5.82 Å². The van der Waals surface area contributed by atoms with Gasteiger partial charge in [-0.25, -0.2) is 0 Å². The number of rotatable bonds is 2. The molecule has 94 valence electrons. The second-order valence-corrected chi connectivity index (χ2v) is 4.66. The van der Waals surface area contributed by atoms with Crippen molar-refractivity contribution in [3.63, 3.8) is 0 Å². The van der Waals surface area contributed by atoms with E-state index >= 15 is 0 Å². The van der Waals surface area contributed by atoms with Crippen LogP contribution in [0.5, 0.6) is 0 Å². The Kier molecular flexibility index (Phi) is 2.95. The number of hydrogen-bond donors (Lipinski definition) is 4. The lowest BCUT2D eigenvalue weighted by atomic mass is 9.62. The third-order valence-corrected chi connectivity index (χ3v) is 3.61. The van der Waals surface area contributed by atoms with Gasteiger partial charge in [-0.15, -0.1) is 0 Å². The van der Waals surface area contributed by atoms with Crippen molar-refractivity contribution >= 4 is 19.7 Å². The van der Waals surface area contributed by atoms with E-state index in [1.807, 2.05) is 30.3 Å². The Labute approximate surface area is 111 Å². The van der Waals surface area contributed by atoms with Gasteiger partial charge in [-0.05, 0) is 27.7 Å². The molecule has 0 radical (unpaired) electrons. The molecule has 3 rings (SSSR count). The highest BCUT2D eigenvalue weighted by Crippen LogP contribution is 2.44. The van der Waals surface area contributed by atoms with Crippen LogP contribution in [0.3, 0.4) is 0 Å². The predicted octanol–water partition coefficient (Wildman–Crippen LogP) is -0.509. The van der Waals surface area contributed by atoms with E-state index in [0.717, 1.165) is 16.7 Å². The van der Waals surface area contributed by atoms with Crippen LogP contribution in [-0.2, 0) is 0 Å². The van der Waals surface area contributed by atoms with Crippen LogP contribution in [0.25, 0.3) is 11.1 Å². The molecule has 1 atom stereocenters. The number of benzene rings is 2. The van der Waals surface area contributed by atoms with Crippen LogP contribution in [0.2, 0.25) is 0 Å². The first kappa shape index (κ1) is 12.4. The van der Waals surface area contributed by atoms with Crippen LogP contribution in [0.15, 0.2) is 42.5 Å². The molecule has 0 heterocycles. The minimum atomic E-state index is -1.63. The van der Waals surface area contributed by atoms with Gasteiger partial charge in [0.25, 0.3) is 0 Å². The summed E-state index contributed by atoms with van der Waals surface area (Å²) in [6, 6.07) is 12.6. The van der Waals surface area contributed by atoms with Crippen LogP contribution < -0.4 is 5.46 Å². The van der Waals surface area contributed by atoms with Crippen LogP contribution in [-0.4, -0.2) is 34.3 Å². The highest BCUT2D eigenvalue weighted by Gasteiger charge is 2.39. The van der Waals surface area contributed by atoms with E-state index in [-0.39, 0.29) is 0 Å². The summed E-state index contributed by atoms with van der Waals surface area (Å²) in [6.07, 6.45) is 0. The molecule has 0 saturated heterocycles. The van der Waals surface area contributed by atoms with Crippen LogP contribution in [0, 0.1) is 0 Å². The average molecular weight is 254 g/mol. The minimum absolute atomic E-state index is 0.312. The van der Waals surface area contributed by atoms with Crippen LogP contribution >= 0.6 is 0 Å². The molecule has 4 nitrogen and oxygen atoms in total. The van der Waals surface area contributed by atoms with E-state index in [4.69, 9.17) is 0 Å². The summed E-state index contributed by atoms with van der Waals surface area (Å²) in [5.41, 5.74) is 3.40. The van der Waals surface area contributed by atoms with E-state index in [1.165, 1.54) is 0 Å². The van der Waals surface area contributed by atoms with Gasteiger partial charge in [0.15, 0.2) is 0 Å². The summed E-state index contributed by atoms with van der Waals surface area (Å²) in [5.74, 6) is -0.649. The summed E-state index contributed by atoms with van der Waals surface area (Å²) < 4.78 is 0.